The fourth-order valence-electron chi connectivity index (χ4n) is 3.73. The van der Waals surface area contributed by atoms with E-state index in [0.717, 1.165) is 68.7 Å². The van der Waals surface area contributed by atoms with Crippen molar-refractivity contribution in [3.05, 3.63) is 23.8 Å². The monoisotopic (exact) mass is 548 g/mol. The van der Waals surface area contributed by atoms with Crippen LogP contribution in [-0.2, 0) is 4.74 Å². The van der Waals surface area contributed by atoms with E-state index in [9.17, 15) is 5.11 Å². The summed E-state index contributed by atoms with van der Waals surface area (Å²) in [6.07, 6.45) is 2.10. The quantitative estimate of drug-likeness (QED) is 0.234. The van der Waals surface area contributed by atoms with E-state index >= 15 is 0 Å². The molecule has 8 nitrogen and oxygen atoms in total. The van der Waals surface area contributed by atoms with Crippen LogP contribution in [0.25, 0.3) is 0 Å². The minimum atomic E-state index is -0.00465. The van der Waals surface area contributed by atoms with Crippen LogP contribution in [0.4, 0.5) is 0 Å². The van der Waals surface area contributed by atoms with Crippen LogP contribution < -0.4 is 20.1 Å². The van der Waals surface area contributed by atoms with Gasteiger partial charge in [-0.2, -0.15) is 0 Å². The number of aliphatic hydroxyl groups excluding tert-OH is 1. The second-order valence-corrected chi connectivity index (χ2v) is 8.01. The van der Waals surface area contributed by atoms with Crippen LogP contribution in [-0.4, -0.2) is 82.7 Å². The number of morpholine rings is 1. The number of aliphatic hydroxyl groups is 1. The summed E-state index contributed by atoms with van der Waals surface area (Å²) in [5, 5.41) is 16.4. The highest BCUT2D eigenvalue weighted by molar-refractivity contribution is 14.0. The number of guanidine groups is 1. The van der Waals surface area contributed by atoms with E-state index in [0.29, 0.717) is 13.1 Å². The van der Waals surface area contributed by atoms with Crippen molar-refractivity contribution in [3.8, 4) is 11.5 Å². The minimum Gasteiger partial charge on any atom is -0.493 e. The number of nitrogens with one attached hydrogen (secondary N) is 2. The fourth-order valence-corrected chi connectivity index (χ4v) is 3.73. The van der Waals surface area contributed by atoms with Crippen molar-refractivity contribution in [1.29, 1.82) is 0 Å². The second-order valence-electron chi connectivity index (χ2n) is 8.01. The summed E-state index contributed by atoms with van der Waals surface area (Å²) >= 11 is 0. The van der Waals surface area contributed by atoms with Crippen molar-refractivity contribution in [3.63, 3.8) is 0 Å². The standard InChI is InChI=1S/C22H36N4O4.HI/c1-4-23-21(25-15-22(16-27)7-8-22)24-14-18(26-9-11-30-12-10-26)17-5-6-19(28-2)20(13-17)29-3;/h5-6,13,18,27H,4,7-12,14-16H2,1-3H3,(H2,23,24,25);1H. The molecule has 9 heteroatoms. The molecular weight excluding hydrogens is 511 g/mol. The van der Waals surface area contributed by atoms with Gasteiger partial charge in [-0.05, 0) is 37.5 Å². The van der Waals surface area contributed by atoms with Crippen LogP contribution in [0.1, 0.15) is 31.4 Å². The molecule has 0 radical (unpaired) electrons. The van der Waals surface area contributed by atoms with Gasteiger partial charge >= 0.3 is 0 Å². The predicted molar refractivity (Wildman–Crippen MR) is 133 cm³/mol. The molecule has 1 heterocycles. The molecule has 1 aromatic carbocycles. The molecule has 1 atom stereocenters. The average molecular weight is 548 g/mol. The van der Waals surface area contributed by atoms with Gasteiger partial charge in [-0.3, -0.25) is 9.89 Å². The summed E-state index contributed by atoms with van der Waals surface area (Å²) in [7, 11) is 3.31. The summed E-state index contributed by atoms with van der Waals surface area (Å²) < 4.78 is 16.5. The first-order chi connectivity index (χ1) is 14.6. The van der Waals surface area contributed by atoms with Crippen molar-refractivity contribution in [2.45, 2.75) is 25.8 Å². The lowest BCUT2D eigenvalue weighted by Crippen LogP contribution is -2.46. The lowest BCUT2D eigenvalue weighted by Gasteiger charge is -2.35. The SMILES string of the molecule is CCNC(=NCC1(CO)CC1)NCC(c1ccc(OC)c(OC)c1)N1CCOCC1.I. The zero-order valence-corrected chi connectivity index (χ0v) is 21.2. The number of hydrogen-bond acceptors (Lipinski definition) is 6. The largest absolute Gasteiger partial charge is 0.493 e. The third-order valence-electron chi connectivity index (χ3n) is 5.95. The lowest BCUT2D eigenvalue weighted by atomic mass is 10.0. The maximum atomic E-state index is 9.58. The number of hydrogen-bond donors (Lipinski definition) is 3. The van der Waals surface area contributed by atoms with Gasteiger partial charge in [-0.1, -0.05) is 6.07 Å². The van der Waals surface area contributed by atoms with Crippen molar-refractivity contribution in [1.82, 2.24) is 15.5 Å². The van der Waals surface area contributed by atoms with Crippen LogP contribution in [0.15, 0.2) is 23.2 Å². The molecule has 176 valence electrons. The van der Waals surface area contributed by atoms with Crippen LogP contribution in [0.5, 0.6) is 11.5 Å². The number of aliphatic imine (C=N–C) groups is 1. The highest BCUT2D eigenvalue weighted by atomic mass is 127. The van der Waals surface area contributed by atoms with Gasteiger partial charge in [0.2, 0.25) is 0 Å². The molecule has 0 bridgehead atoms. The third-order valence-corrected chi connectivity index (χ3v) is 5.95. The van der Waals surface area contributed by atoms with E-state index in [1.54, 1.807) is 14.2 Å². The Labute approximate surface area is 202 Å². The normalized spacial score (nSPS) is 19.2. The number of rotatable bonds is 10. The van der Waals surface area contributed by atoms with Gasteiger partial charge in [0.1, 0.15) is 0 Å². The highest BCUT2D eigenvalue weighted by Gasteiger charge is 2.41. The maximum absolute atomic E-state index is 9.58. The Morgan fingerprint density at radius 2 is 1.90 bits per heavy atom. The van der Waals surface area contributed by atoms with Crippen LogP contribution in [0.2, 0.25) is 0 Å². The predicted octanol–water partition coefficient (Wildman–Crippen LogP) is 2.02. The number of methoxy groups -OCH3 is 2. The molecule has 1 saturated heterocycles. The van der Waals surface area contributed by atoms with Crippen LogP contribution in [0, 0.1) is 5.41 Å². The van der Waals surface area contributed by atoms with Crippen LogP contribution >= 0.6 is 24.0 Å². The third kappa shape index (κ3) is 7.10. The zero-order valence-electron chi connectivity index (χ0n) is 18.9. The Morgan fingerprint density at radius 1 is 1.19 bits per heavy atom. The summed E-state index contributed by atoms with van der Waals surface area (Å²) in [4.78, 5) is 7.16. The lowest BCUT2D eigenvalue weighted by molar-refractivity contribution is 0.0169. The molecule has 1 aromatic rings. The van der Waals surface area contributed by atoms with Gasteiger partial charge in [0.05, 0.1) is 46.6 Å². The van der Waals surface area contributed by atoms with Crippen molar-refractivity contribution >= 4 is 29.9 Å². The molecule has 3 rings (SSSR count). The molecule has 2 fully saturated rings. The molecule has 0 aromatic heterocycles. The summed E-state index contributed by atoms with van der Waals surface area (Å²) in [5.74, 6) is 2.24. The molecule has 3 N–H and O–H groups in total. The first-order valence-corrected chi connectivity index (χ1v) is 10.8. The van der Waals surface area contributed by atoms with Crippen molar-refractivity contribution < 1.29 is 19.3 Å². The van der Waals surface area contributed by atoms with Gasteiger partial charge in [0, 0.05) is 31.6 Å². The zero-order chi connectivity index (χ0) is 21.4. The summed E-state index contributed by atoms with van der Waals surface area (Å²) in [6.45, 7) is 7.63. The molecule has 0 amide bonds. The highest BCUT2D eigenvalue weighted by Crippen LogP contribution is 2.45. The van der Waals surface area contributed by atoms with E-state index in [1.807, 2.05) is 6.07 Å². The van der Waals surface area contributed by atoms with Crippen molar-refractivity contribution in [2.75, 3.05) is 66.8 Å². The number of halogens is 1. The first-order valence-electron chi connectivity index (χ1n) is 10.8. The molecule has 1 aliphatic heterocycles. The molecule has 1 aliphatic carbocycles. The van der Waals surface area contributed by atoms with Gasteiger partial charge < -0.3 is 30.0 Å². The Kier molecular flexibility index (Phi) is 10.6. The molecule has 31 heavy (non-hydrogen) atoms. The second kappa shape index (κ2) is 12.7. The fraction of sp³-hybridized carbons (Fsp3) is 0.682. The first kappa shape index (κ1) is 26.0. The Morgan fingerprint density at radius 3 is 2.48 bits per heavy atom. The Bertz CT molecular complexity index is 709. The van der Waals surface area contributed by atoms with E-state index in [2.05, 4.69) is 34.6 Å². The van der Waals surface area contributed by atoms with Gasteiger partial charge in [-0.15, -0.1) is 24.0 Å². The Balaban J connectivity index is 0.00000341. The maximum Gasteiger partial charge on any atom is 0.191 e. The van der Waals surface area contributed by atoms with E-state index in [4.69, 9.17) is 19.2 Å². The number of ether oxygens (including phenoxy) is 3. The minimum absolute atomic E-state index is 0. The van der Waals surface area contributed by atoms with Crippen molar-refractivity contribution in [2.24, 2.45) is 10.4 Å². The molecular formula is C22H37IN4O4. The van der Waals surface area contributed by atoms with Crippen LogP contribution in [0.3, 0.4) is 0 Å². The van der Waals surface area contributed by atoms with E-state index in [1.165, 1.54) is 0 Å². The Hall–Kier alpha value is -1.30. The smallest absolute Gasteiger partial charge is 0.191 e. The average Bonchev–Trinajstić information content (AvgIpc) is 3.58. The molecule has 1 unspecified atom stereocenters. The molecule has 0 spiro atoms. The summed E-state index contributed by atoms with van der Waals surface area (Å²) in [5.41, 5.74) is 1.15. The van der Waals surface area contributed by atoms with Gasteiger partial charge in [0.15, 0.2) is 17.5 Å². The summed E-state index contributed by atoms with van der Waals surface area (Å²) in [6, 6.07) is 6.25. The van der Waals surface area contributed by atoms with Gasteiger partial charge in [0.25, 0.3) is 0 Å². The number of benzene rings is 1. The van der Waals surface area contributed by atoms with E-state index < -0.39 is 0 Å². The molecule has 1 saturated carbocycles. The number of nitrogens with zero attached hydrogens (tertiary/aromatic N) is 2. The topological polar surface area (TPSA) is 87.6 Å². The van der Waals surface area contributed by atoms with E-state index in [-0.39, 0.29) is 42.0 Å². The molecule has 2 aliphatic rings. The van der Waals surface area contributed by atoms with Gasteiger partial charge in [-0.25, -0.2) is 0 Å².